The number of amides is 1. The number of benzene rings is 1. The number of aryl methyl sites for hydroxylation is 1. The van der Waals surface area contributed by atoms with Gasteiger partial charge in [0.05, 0.1) is 12.6 Å². The van der Waals surface area contributed by atoms with Crippen molar-refractivity contribution in [3.63, 3.8) is 0 Å². The average Bonchev–Trinajstić information content (AvgIpc) is 3.05. The van der Waals surface area contributed by atoms with E-state index in [-0.39, 0.29) is 12.1 Å². The fourth-order valence-electron chi connectivity index (χ4n) is 3.32. The van der Waals surface area contributed by atoms with E-state index >= 15 is 0 Å². The Labute approximate surface area is 184 Å². The molecule has 0 radical (unpaired) electrons. The SMILES string of the molecule is CCNC(=NCc1cccc(Cn2ccnc2C)c1)NC1CN(C(=O)OC(C)(C)C)C1. The molecule has 1 saturated heterocycles. The molecule has 1 fully saturated rings. The lowest BCUT2D eigenvalue weighted by Gasteiger charge is -2.40. The van der Waals surface area contributed by atoms with Gasteiger partial charge in [-0.25, -0.2) is 14.8 Å². The van der Waals surface area contributed by atoms with Crippen LogP contribution in [0.3, 0.4) is 0 Å². The molecule has 0 bridgehead atoms. The van der Waals surface area contributed by atoms with Crippen LogP contribution in [0, 0.1) is 6.92 Å². The van der Waals surface area contributed by atoms with Crippen LogP contribution in [0.1, 0.15) is 44.6 Å². The summed E-state index contributed by atoms with van der Waals surface area (Å²) in [5, 5.41) is 6.69. The van der Waals surface area contributed by atoms with Crippen LogP contribution in [0.4, 0.5) is 4.79 Å². The zero-order valence-corrected chi connectivity index (χ0v) is 19.2. The number of rotatable bonds is 6. The van der Waals surface area contributed by atoms with E-state index in [4.69, 9.17) is 9.73 Å². The molecule has 168 valence electrons. The molecule has 0 spiro atoms. The zero-order valence-electron chi connectivity index (χ0n) is 19.2. The van der Waals surface area contributed by atoms with Gasteiger partial charge in [0.2, 0.25) is 0 Å². The largest absolute Gasteiger partial charge is 0.444 e. The highest BCUT2D eigenvalue weighted by Crippen LogP contribution is 2.15. The highest BCUT2D eigenvalue weighted by molar-refractivity contribution is 5.80. The Morgan fingerprint density at radius 1 is 1.29 bits per heavy atom. The average molecular weight is 427 g/mol. The van der Waals surface area contributed by atoms with Crippen molar-refractivity contribution in [2.75, 3.05) is 19.6 Å². The number of carbonyl (C=O) groups is 1. The summed E-state index contributed by atoms with van der Waals surface area (Å²) in [5.41, 5.74) is 1.90. The molecule has 2 N–H and O–H groups in total. The van der Waals surface area contributed by atoms with Crippen molar-refractivity contribution in [1.29, 1.82) is 0 Å². The number of likely N-dealkylation sites (tertiary alicyclic amines) is 1. The fourth-order valence-corrected chi connectivity index (χ4v) is 3.32. The summed E-state index contributed by atoms with van der Waals surface area (Å²) in [6, 6.07) is 8.62. The smallest absolute Gasteiger partial charge is 0.410 e. The second kappa shape index (κ2) is 9.85. The number of hydrogen-bond donors (Lipinski definition) is 2. The van der Waals surface area contributed by atoms with Gasteiger partial charge >= 0.3 is 6.09 Å². The van der Waals surface area contributed by atoms with E-state index in [2.05, 4.69) is 44.5 Å². The molecule has 8 nitrogen and oxygen atoms in total. The van der Waals surface area contributed by atoms with Crippen LogP contribution >= 0.6 is 0 Å². The third-order valence-corrected chi connectivity index (χ3v) is 4.91. The molecule has 0 atom stereocenters. The summed E-state index contributed by atoms with van der Waals surface area (Å²) in [5.74, 6) is 1.76. The number of guanidine groups is 1. The minimum Gasteiger partial charge on any atom is -0.444 e. The molecule has 0 saturated carbocycles. The highest BCUT2D eigenvalue weighted by Gasteiger charge is 2.34. The molecule has 2 heterocycles. The molecule has 2 aromatic rings. The molecule has 0 aliphatic carbocycles. The van der Waals surface area contributed by atoms with Gasteiger partial charge in [0.15, 0.2) is 5.96 Å². The molecule has 1 amide bonds. The van der Waals surface area contributed by atoms with Crippen molar-refractivity contribution in [3.8, 4) is 0 Å². The monoisotopic (exact) mass is 426 g/mol. The summed E-state index contributed by atoms with van der Waals surface area (Å²) in [6.07, 6.45) is 3.55. The number of ether oxygens (including phenoxy) is 1. The third-order valence-electron chi connectivity index (χ3n) is 4.91. The van der Waals surface area contributed by atoms with Crippen molar-refractivity contribution in [2.45, 2.75) is 59.4 Å². The molecule has 0 unspecified atom stereocenters. The number of aromatic nitrogens is 2. The van der Waals surface area contributed by atoms with Gasteiger partial charge in [-0.2, -0.15) is 0 Å². The molecule has 31 heavy (non-hydrogen) atoms. The molecule has 1 aliphatic rings. The van der Waals surface area contributed by atoms with E-state index < -0.39 is 5.60 Å². The maximum absolute atomic E-state index is 12.1. The van der Waals surface area contributed by atoms with Gasteiger partial charge in [-0.3, -0.25) is 0 Å². The molecular formula is C23H34N6O2. The molecular weight excluding hydrogens is 392 g/mol. The van der Waals surface area contributed by atoms with Crippen LogP contribution in [-0.2, 0) is 17.8 Å². The van der Waals surface area contributed by atoms with E-state index in [9.17, 15) is 4.79 Å². The summed E-state index contributed by atoms with van der Waals surface area (Å²) in [6.45, 7) is 13.0. The van der Waals surface area contributed by atoms with Gasteiger partial charge in [-0.05, 0) is 45.7 Å². The van der Waals surface area contributed by atoms with Crippen molar-refractivity contribution >= 4 is 12.1 Å². The number of aliphatic imine (C=N–C) groups is 1. The first-order valence-electron chi connectivity index (χ1n) is 10.8. The van der Waals surface area contributed by atoms with Gasteiger partial charge in [-0.15, -0.1) is 0 Å². The molecule has 1 aromatic carbocycles. The second-order valence-corrected chi connectivity index (χ2v) is 8.84. The van der Waals surface area contributed by atoms with Crippen LogP contribution in [0.5, 0.6) is 0 Å². The van der Waals surface area contributed by atoms with E-state index in [1.165, 1.54) is 5.56 Å². The quantitative estimate of drug-likeness (QED) is 0.548. The van der Waals surface area contributed by atoms with Gasteiger partial charge in [-0.1, -0.05) is 24.3 Å². The number of nitrogens with one attached hydrogen (secondary N) is 2. The minimum absolute atomic E-state index is 0.167. The van der Waals surface area contributed by atoms with Gasteiger partial charge in [0.1, 0.15) is 11.4 Å². The van der Waals surface area contributed by atoms with Crippen LogP contribution in [-0.4, -0.2) is 57.8 Å². The van der Waals surface area contributed by atoms with Crippen molar-refractivity contribution in [1.82, 2.24) is 25.1 Å². The Morgan fingerprint density at radius 2 is 2.03 bits per heavy atom. The summed E-state index contributed by atoms with van der Waals surface area (Å²) in [7, 11) is 0. The molecule has 1 aliphatic heterocycles. The molecule has 1 aromatic heterocycles. The first-order valence-corrected chi connectivity index (χ1v) is 10.8. The third kappa shape index (κ3) is 6.73. The molecule has 8 heteroatoms. The summed E-state index contributed by atoms with van der Waals surface area (Å²) in [4.78, 5) is 22.8. The maximum atomic E-state index is 12.1. The Bertz CT molecular complexity index is 909. The van der Waals surface area contributed by atoms with Gasteiger partial charge < -0.3 is 24.8 Å². The lowest BCUT2D eigenvalue weighted by Crippen LogP contribution is -2.63. The Kier molecular flexibility index (Phi) is 7.20. The predicted octanol–water partition coefficient (Wildman–Crippen LogP) is 2.91. The second-order valence-electron chi connectivity index (χ2n) is 8.84. The number of hydrogen-bond acceptors (Lipinski definition) is 4. The van der Waals surface area contributed by atoms with E-state index in [0.29, 0.717) is 19.6 Å². The lowest BCUT2D eigenvalue weighted by molar-refractivity contribution is 0.00700. The highest BCUT2D eigenvalue weighted by atomic mass is 16.6. The van der Waals surface area contributed by atoms with E-state index in [0.717, 1.165) is 30.4 Å². The van der Waals surface area contributed by atoms with E-state index in [1.54, 1.807) is 4.90 Å². The Balaban J connectivity index is 1.54. The van der Waals surface area contributed by atoms with Crippen molar-refractivity contribution in [2.24, 2.45) is 4.99 Å². The van der Waals surface area contributed by atoms with Crippen LogP contribution in [0.15, 0.2) is 41.7 Å². The first kappa shape index (κ1) is 22.7. The molecule has 3 rings (SSSR count). The fraction of sp³-hybridized carbons (Fsp3) is 0.522. The standard InChI is InChI=1S/C23H34N6O2/c1-6-24-21(27-20-15-29(16-20)22(30)31-23(3,4)5)26-13-18-8-7-9-19(12-18)14-28-11-10-25-17(28)2/h7-12,20H,6,13-16H2,1-5H3,(H2,24,26,27). The van der Waals surface area contributed by atoms with E-state index in [1.807, 2.05) is 47.0 Å². The van der Waals surface area contributed by atoms with Crippen LogP contribution < -0.4 is 10.6 Å². The van der Waals surface area contributed by atoms with Crippen LogP contribution in [0.2, 0.25) is 0 Å². The summed E-state index contributed by atoms with van der Waals surface area (Å²) >= 11 is 0. The lowest BCUT2D eigenvalue weighted by atomic mass is 10.1. The number of carbonyl (C=O) groups excluding carboxylic acids is 1. The van der Waals surface area contributed by atoms with Gasteiger partial charge in [0, 0.05) is 38.6 Å². The Morgan fingerprint density at radius 3 is 2.68 bits per heavy atom. The zero-order chi connectivity index (χ0) is 22.4. The minimum atomic E-state index is -0.475. The first-order chi connectivity index (χ1) is 14.7. The normalized spacial score (nSPS) is 14.9. The number of imidazole rings is 1. The van der Waals surface area contributed by atoms with Crippen molar-refractivity contribution in [3.05, 3.63) is 53.6 Å². The van der Waals surface area contributed by atoms with Gasteiger partial charge in [0.25, 0.3) is 0 Å². The predicted molar refractivity (Wildman–Crippen MR) is 122 cm³/mol. The van der Waals surface area contributed by atoms with Crippen molar-refractivity contribution < 1.29 is 9.53 Å². The topological polar surface area (TPSA) is 83.8 Å². The van der Waals surface area contributed by atoms with Crippen LogP contribution in [0.25, 0.3) is 0 Å². The Hall–Kier alpha value is -3.03. The maximum Gasteiger partial charge on any atom is 0.410 e. The number of nitrogens with zero attached hydrogens (tertiary/aromatic N) is 4. The summed E-state index contributed by atoms with van der Waals surface area (Å²) < 4.78 is 7.54.